The normalized spacial score (nSPS) is 26.6. The summed E-state index contributed by atoms with van der Waals surface area (Å²) in [6, 6.07) is 2.02. The number of hydrogen-bond donors (Lipinski definition) is 1. The zero-order chi connectivity index (χ0) is 13.2. The van der Waals surface area contributed by atoms with Crippen molar-refractivity contribution in [3.8, 4) is 0 Å². The van der Waals surface area contributed by atoms with Crippen molar-refractivity contribution >= 4 is 5.82 Å². The Kier molecular flexibility index (Phi) is 3.69. The van der Waals surface area contributed by atoms with E-state index in [4.69, 9.17) is 0 Å². The van der Waals surface area contributed by atoms with Crippen molar-refractivity contribution in [2.45, 2.75) is 39.7 Å². The number of anilines is 1. The number of nitrogens with zero attached hydrogens (tertiary/aromatic N) is 3. The monoisotopic (exact) mass is 260 g/mol. The summed E-state index contributed by atoms with van der Waals surface area (Å²) in [7, 11) is 0. The Labute approximate surface area is 115 Å². The van der Waals surface area contributed by atoms with Gasteiger partial charge in [-0.3, -0.25) is 4.90 Å². The average molecular weight is 260 g/mol. The molecule has 2 unspecified atom stereocenters. The molecule has 1 aromatic rings. The van der Waals surface area contributed by atoms with Gasteiger partial charge in [-0.15, -0.1) is 0 Å². The van der Waals surface area contributed by atoms with Crippen molar-refractivity contribution in [1.82, 2.24) is 14.9 Å². The second-order valence-electron chi connectivity index (χ2n) is 5.99. The van der Waals surface area contributed by atoms with Crippen LogP contribution in [0.3, 0.4) is 0 Å². The van der Waals surface area contributed by atoms with Gasteiger partial charge in [-0.2, -0.15) is 0 Å². The highest BCUT2D eigenvalue weighted by Crippen LogP contribution is 2.37. The van der Waals surface area contributed by atoms with Crippen molar-refractivity contribution in [2.24, 2.45) is 11.8 Å². The second kappa shape index (κ2) is 5.45. The summed E-state index contributed by atoms with van der Waals surface area (Å²) < 4.78 is 0. The minimum atomic E-state index is 0.907. The molecule has 1 N–H and O–H groups in total. The molecule has 2 heterocycles. The molecule has 4 nitrogen and oxygen atoms in total. The van der Waals surface area contributed by atoms with E-state index in [0.717, 1.165) is 42.3 Å². The number of aromatic nitrogens is 2. The molecule has 0 radical (unpaired) electrons. The lowest BCUT2D eigenvalue weighted by Gasteiger charge is -2.16. The Hall–Kier alpha value is -1.16. The molecular weight excluding hydrogens is 236 g/mol. The maximum absolute atomic E-state index is 4.62. The molecule has 0 bridgehead atoms. The van der Waals surface area contributed by atoms with E-state index in [9.17, 15) is 0 Å². The summed E-state index contributed by atoms with van der Waals surface area (Å²) >= 11 is 0. The van der Waals surface area contributed by atoms with Gasteiger partial charge in [-0.25, -0.2) is 9.97 Å². The largest absolute Gasteiger partial charge is 0.370 e. The average Bonchev–Trinajstić information content (AvgIpc) is 2.89. The van der Waals surface area contributed by atoms with Gasteiger partial charge in [-0.05, 0) is 38.5 Å². The van der Waals surface area contributed by atoms with Crippen LogP contribution in [0.2, 0.25) is 0 Å². The fourth-order valence-corrected chi connectivity index (χ4v) is 3.63. The minimum Gasteiger partial charge on any atom is -0.370 e. The van der Waals surface area contributed by atoms with Gasteiger partial charge in [0.05, 0.1) is 6.54 Å². The fourth-order valence-electron chi connectivity index (χ4n) is 3.63. The van der Waals surface area contributed by atoms with Crippen LogP contribution in [0.5, 0.6) is 0 Å². The lowest BCUT2D eigenvalue weighted by Crippen LogP contribution is -2.23. The fraction of sp³-hybridized carbons (Fsp3) is 0.733. The van der Waals surface area contributed by atoms with E-state index >= 15 is 0 Å². The number of aryl methyl sites for hydroxylation is 1. The van der Waals surface area contributed by atoms with Crippen molar-refractivity contribution in [3.05, 3.63) is 17.6 Å². The quantitative estimate of drug-likeness (QED) is 0.903. The highest BCUT2D eigenvalue weighted by Gasteiger charge is 2.36. The van der Waals surface area contributed by atoms with E-state index in [1.165, 1.54) is 32.4 Å². The molecule has 1 aromatic heterocycles. The van der Waals surface area contributed by atoms with Crippen LogP contribution in [-0.2, 0) is 6.54 Å². The molecule has 104 valence electrons. The van der Waals surface area contributed by atoms with Crippen molar-refractivity contribution < 1.29 is 0 Å². The molecule has 1 aliphatic heterocycles. The minimum absolute atomic E-state index is 0.907. The van der Waals surface area contributed by atoms with E-state index in [-0.39, 0.29) is 0 Å². The zero-order valence-corrected chi connectivity index (χ0v) is 12.0. The third-order valence-electron chi connectivity index (χ3n) is 4.43. The van der Waals surface area contributed by atoms with Crippen molar-refractivity contribution in [3.63, 3.8) is 0 Å². The summed E-state index contributed by atoms with van der Waals surface area (Å²) in [6.07, 6.45) is 4.30. The van der Waals surface area contributed by atoms with Crippen LogP contribution in [0.4, 0.5) is 5.82 Å². The molecule has 2 fully saturated rings. The summed E-state index contributed by atoms with van der Waals surface area (Å²) in [4.78, 5) is 11.7. The van der Waals surface area contributed by atoms with E-state index in [1.54, 1.807) is 0 Å². The van der Waals surface area contributed by atoms with Crippen molar-refractivity contribution in [1.29, 1.82) is 0 Å². The highest BCUT2D eigenvalue weighted by atomic mass is 15.2. The molecule has 1 saturated carbocycles. The van der Waals surface area contributed by atoms with Gasteiger partial charge in [0.2, 0.25) is 0 Å². The van der Waals surface area contributed by atoms with Crippen LogP contribution in [-0.4, -0.2) is 34.5 Å². The van der Waals surface area contributed by atoms with E-state index in [1.807, 2.05) is 13.0 Å². The maximum Gasteiger partial charge on any atom is 0.144 e. The Morgan fingerprint density at radius 1 is 1.26 bits per heavy atom. The van der Waals surface area contributed by atoms with E-state index < -0.39 is 0 Å². The Morgan fingerprint density at radius 3 is 2.68 bits per heavy atom. The first-order valence-corrected chi connectivity index (χ1v) is 7.55. The molecule has 0 amide bonds. The number of rotatable bonds is 4. The van der Waals surface area contributed by atoms with Crippen LogP contribution in [0.1, 0.15) is 37.7 Å². The van der Waals surface area contributed by atoms with Gasteiger partial charge in [0.15, 0.2) is 0 Å². The predicted octanol–water partition coefficient (Wildman–Crippen LogP) is 2.45. The van der Waals surface area contributed by atoms with E-state index in [2.05, 4.69) is 27.1 Å². The Balaban J connectivity index is 1.66. The zero-order valence-electron chi connectivity index (χ0n) is 12.0. The molecule has 19 heavy (non-hydrogen) atoms. The van der Waals surface area contributed by atoms with Gasteiger partial charge in [-0.1, -0.05) is 6.42 Å². The third-order valence-corrected chi connectivity index (χ3v) is 4.43. The number of nitrogens with one attached hydrogen (secondary N) is 1. The molecule has 0 aromatic carbocycles. The summed E-state index contributed by atoms with van der Waals surface area (Å²) in [6.45, 7) is 8.46. The van der Waals surface area contributed by atoms with Gasteiger partial charge in [0.25, 0.3) is 0 Å². The van der Waals surface area contributed by atoms with Crippen LogP contribution in [0.25, 0.3) is 0 Å². The summed E-state index contributed by atoms with van der Waals surface area (Å²) in [5.41, 5.74) is 1.06. The van der Waals surface area contributed by atoms with Gasteiger partial charge >= 0.3 is 0 Å². The third kappa shape index (κ3) is 2.89. The standard InChI is InChI=1S/C15H24N4/c1-3-16-14-7-11(2)17-15(18-14)10-19-8-12-5-4-6-13(12)9-19/h7,12-13H,3-6,8-10H2,1-2H3,(H,16,17,18). The van der Waals surface area contributed by atoms with E-state index in [0.29, 0.717) is 0 Å². The van der Waals surface area contributed by atoms with Crippen LogP contribution < -0.4 is 5.32 Å². The Bertz CT molecular complexity index is 434. The van der Waals surface area contributed by atoms with Crippen LogP contribution in [0, 0.1) is 18.8 Å². The molecule has 3 rings (SSSR count). The number of likely N-dealkylation sites (tertiary alicyclic amines) is 1. The topological polar surface area (TPSA) is 41.1 Å². The Morgan fingerprint density at radius 2 is 2.00 bits per heavy atom. The first kappa shape index (κ1) is 12.9. The smallest absolute Gasteiger partial charge is 0.144 e. The van der Waals surface area contributed by atoms with Gasteiger partial charge < -0.3 is 5.32 Å². The van der Waals surface area contributed by atoms with Crippen LogP contribution in [0.15, 0.2) is 6.07 Å². The molecule has 2 aliphatic rings. The molecule has 2 atom stereocenters. The lowest BCUT2D eigenvalue weighted by atomic mass is 10.0. The van der Waals surface area contributed by atoms with Crippen molar-refractivity contribution in [2.75, 3.05) is 25.0 Å². The van der Waals surface area contributed by atoms with Crippen LogP contribution >= 0.6 is 0 Å². The van der Waals surface area contributed by atoms with Gasteiger partial charge in [0.1, 0.15) is 11.6 Å². The summed E-state index contributed by atoms with van der Waals surface area (Å²) in [5.74, 6) is 3.82. The number of hydrogen-bond acceptors (Lipinski definition) is 4. The molecule has 4 heteroatoms. The molecule has 1 aliphatic carbocycles. The predicted molar refractivity (Wildman–Crippen MR) is 77.0 cm³/mol. The molecular formula is C15H24N4. The second-order valence-corrected chi connectivity index (χ2v) is 5.99. The SMILES string of the molecule is CCNc1cc(C)nc(CN2CC3CCCC3C2)n1. The maximum atomic E-state index is 4.62. The number of fused-ring (bicyclic) bond motifs is 1. The molecule has 0 spiro atoms. The van der Waals surface area contributed by atoms with Gasteiger partial charge in [0, 0.05) is 31.4 Å². The first-order valence-electron chi connectivity index (χ1n) is 7.55. The first-order chi connectivity index (χ1) is 9.24. The summed E-state index contributed by atoms with van der Waals surface area (Å²) in [5, 5.41) is 3.28. The highest BCUT2D eigenvalue weighted by molar-refractivity contribution is 5.35. The lowest BCUT2D eigenvalue weighted by molar-refractivity contribution is 0.296. The molecule has 1 saturated heterocycles.